The molecule has 2 N–H and O–H groups in total. The summed E-state index contributed by atoms with van der Waals surface area (Å²) in [7, 11) is 3.19. The van der Waals surface area contributed by atoms with Crippen LogP contribution < -0.4 is 20.2 Å². The molecule has 2 atom stereocenters. The van der Waals surface area contributed by atoms with Gasteiger partial charge in [0.25, 0.3) is 5.91 Å². The van der Waals surface area contributed by atoms with Crippen LogP contribution in [0.25, 0.3) is 0 Å². The SMILES string of the molecule is COc1ccc([C@H]2[C@@H](NC(=O)c3ccccc3)C(=O)N/[N+]2=C\c2ccccc2OC)cc1. The summed E-state index contributed by atoms with van der Waals surface area (Å²) in [5.74, 6) is 0.757. The number of benzene rings is 3. The lowest BCUT2D eigenvalue weighted by atomic mass is 9.99. The molecule has 1 saturated heterocycles. The molecule has 4 rings (SSSR count). The van der Waals surface area contributed by atoms with Gasteiger partial charge in [-0.2, -0.15) is 0 Å². The first-order valence-corrected chi connectivity index (χ1v) is 10.2. The molecule has 0 saturated carbocycles. The average Bonchev–Trinajstić information content (AvgIpc) is 3.14. The number of hydrogen-bond donors (Lipinski definition) is 2. The van der Waals surface area contributed by atoms with Crippen molar-refractivity contribution in [2.24, 2.45) is 0 Å². The number of hydrazone groups is 1. The molecular formula is C25H24N3O4+. The highest BCUT2D eigenvalue weighted by molar-refractivity contribution is 5.98. The quantitative estimate of drug-likeness (QED) is 0.590. The minimum Gasteiger partial charge on any atom is -0.497 e. The van der Waals surface area contributed by atoms with E-state index in [1.807, 2.05) is 54.6 Å². The lowest BCUT2D eigenvalue weighted by molar-refractivity contribution is -0.596. The molecule has 2 amide bonds. The maximum atomic E-state index is 13.0. The molecular weight excluding hydrogens is 406 g/mol. The van der Waals surface area contributed by atoms with Crippen molar-refractivity contribution in [1.82, 2.24) is 10.7 Å². The molecule has 1 fully saturated rings. The van der Waals surface area contributed by atoms with E-state index in [1.165, 1.54) is 0 Å². The van der Waals surface area contributed by atoms with Crippen molar-refractivity contribution in [3.63, 3.8) is 0 Å². The first-order chi connectivity index (χ1) is 15.6. The summed E-state index contributed by atoms with van der Waals surface area (Å²) in [5, 5.41) is 2.89. The van der Waals surface area contributed by atoms with Crippen LogP contribution in [0, 0.1) is 0 Å². The van der Waals surface area contributed by atoms with Gasteiger partial charge in [0.1, 0.15) is 11.5 Å². The second kappa shape index (κ2) is 9.34. The predicted molar refractivity (Wildman–Crippen MR) is 120 cm³/mol. The second-order valence-corrected chi connectivity index (χ2v) is 7.29. The number of nitrogens with zero attached hydrogens (tertiary/aromatic N) is 1. The van der Waals surface area contributed by atoms with Gasteiger partial charge >= 0.3 is 5.91 Å². The smallest absolute Gasteiger partial charge is 0.304 e. The van der Waals surface area contributed by atoms with Crippen molar-refractivity contribution in [2.75, 3.05) is 14.2 Å². The number of rotatable bonds is 6. The molecule has 0 bridgehead atoms. The van der Waals surface area contributed by atoms with Gasteiger partial charge in [-0.05, 0) is 48.5 Å². The zero-order valence-electron chi connectivity index (χ0n) is 17.8. The molecule has 162 valence electrons. The minimum absolute atomic E-state index is 0.304. The van der Waals surface area contributed by atoms with E-state index in [0.29, 0.717) is 17.1 Å². The summed E-state index contributed by atoms with van der Waals surface area (Å²) in [4.78, 5) is 25.8. The first kappa shape index (κ1) is 21.1. The topological polar surface area (TPSA) is 79.7 Å². The molecule has 0 spiro atoms. The van der Waals surface area contributed by atoms with E-state index in [9.17, 15) is 9.59 Å². The number of methoxy groups -OCH3 is 2. The van der Waals surface area contributed by atoms with Crippen LogP contribution in [0.5, 0.6) is 11.5 Å². The van der Waals surface area contributed by atoms with Gasteiger partial charge in [0.15, 0.2) is 6.04 Å². The Morgan fingerprint density at radius 1 is 0.938 bits per heavy atom. The van der Waals surface area contributed by atoms with Crippen molar-refractivity contribution in [2.45, 2.75) is 12.1 Å². The third kappa shape index (κ3) is 4.32. The number of ether oxygens (including phenoxy) is 2. The molecule has 3 aromatic rings. The van der Waals surface area contributed by atoms with Gasteiger partial charge in [-0.15, -0.1) is 10.1 Å². The monoisotopic (exact) mass is 430 g/mol. The molecule has 1 aliphatic rings. The number of hydrogen-bond acceptors (Lipinski definition) is 4. The summed E-state index contributed by atoms with van der Waals surface area (Å²) < 4.78 is 12.4. The maximum absolute atomic E-state index is 13.0. The Morgan fingerprint density at radius 2 is 1.62 bits per heavy atom. The van der Waals surface area contributed by atoms with E-state index in [-0.39, 0.29) is 11.8 Å². The summed E-state index contributed by atoms with van der Waals surface area (Å²) in [6.45, 7) is 0. The lowest BCUT2D eigenvalue weighted by Gasteiger charge is -2.15. The van der Waals surface area contributed by atoms with E-state index in [1.54, 1.807) is 49.4 Å². The highest BCUT2D eigenvalue weighted by atomic mass is 16.5. The van der Waals surface area contributed by atoms with Crippen LogP contribution in [0.3, 0.4) is 0 Å². The zero-order chi connectivity index (χ0) is 22.5. The first-order valence-electron chi connectivity index (χ1n) is 10.2. The fourth-order valence-electron chi connectivity index (χ4n) is 3.72. The van der Waals surface area contributed by atoms with Crippen LogP contribution in [0.15, 0.2) is 78.9 Å². The number of carbonyl (C=O) groups is 2. The number of para-hydroxylation sites is 1. The third-order valence-corrected chi connectivity index (χ3v) is 5.33. The van der Waals surface area contributed by atoms with Gasteiger partial charge in [0, 0.05) is 11.1 Å². The molecule has 1 aliphatic heterocycles. The molecule has 32 heavy (non-hydrogen) atoms. The second-order valence-electron chi connectivity index (χ2n) is 7.29. The maximum Gasteiger partial charge on any atom is 0.304 e. The van der Waals surface area contributed by atoms with Crippen molar-refractivity contribution < 1.29 is 23.7 Å². The lowest BCUT2D eigenvalue weighted by Crippen LogP contribution is -2.42. The molecule has 0 aromatic heterocycles. The fraction of sp³-hybridized carbons (Fsp3) is 0.160. The van der Waals surface area contributed by atoms with Crippen LogP contribution in [-0.2, 0) is 4.79 Å². The van der Waals surface area contributed by atoms with Gasteiger partial charge in [-0.1, -0.05) is 30.3 Å². The largest absolute Gasteiger partial charge is 0.497 e. The van der Waals surface area contributed by atoms with Gasteiger partial charge in [-0.3, -0.25) is 9.59 Å². The van der Waals surface area contributed by atoms with Gasteiger partial charge in [0.2, 0.25) is 12.3 Å². The standard InChI is InChI=1S/C25H23N3O4/c1-31-20-14-12-17(13-15-20)23-22(26-24(29)18-8-4-3-5-9-18)25(30)27-28(23)16-19-10-6-7-11-21(19)32-2/h3-16,22-23H,1-2H3,(H-,26,27,29,30)/p+1/b28-16-/t22-,23+/m1/s1. The summed E-state index contributed by atoms with van der Waals surface area (Å²) in [6, 6.07) is 22.5. The van der Waals surface area contributed by atoms with Crippen molar-refractivity contribution in [3.05, 3.63) is 95.6 Å². The number of hydrazine groups is 1. The highest BCUT2D eigenvalue weighted by Crippen LogP contribution is 2.28. The Balaban J connectivity index is 1.73. The minimum atomic E-state index is -0.804. The van der Waals surface area contributed by atoms with E-state index in [4.69, 9.17) is 9.47 Å². The van der Waals surface area contributed by atoms with Crippen LogP contribution in [0.4, 0.5) is 0 Å². The average molecular weight is 430 g/mol. The van der Waals surface area contributed by atoms with E-state index >= 15 is 0 Å². The van der Waals surface area contributed by atoms with Gasteiger partial charge in [-0.25, -0.2) is 0 Å². The van der Waals surface area contributed by atoms with Gasteiger partial charge < -0.3 is 14.8 Å². The fourth-order valence-corrected chi connectivity index (χ4v) is 3.72. The molecule has 3 aromatic carbocycles. The van der Waals surface area contributed by atoms with Crippen LogP contribution in [0.2, 0.25) is 0 Å². The number of carbonyl (C=O) groups excluding carboxylic acids is 2. The summed E-state index contributed by atoms with van der Waals surface area (Å²) in [5.41, 5.74) is 5.00. The molecule has 1 heterocycles. The van der Waals surface area contributed by atoms with E-state index in [0.717, 1.165) is 11.1 Å². The van der Waals surface area contributed by atoms with Crippen LogP contribution in [0.1, 0.15) is 27.5 Å². The Labute approximate surface area is 186 Å². The molecule has 7 nitrogen and oxygen atoms in total. The Bertz CT molecular complexity index is 1140. The zero-order valence-corrected chi connectivity index (χ0v) is 17.8. The molecule has 7 heteroatoms. The van der Waals surface area contributed by atoms with Gasteiger partial charge in [0.05, 0.1) is 19.8 Å². The Kier molecular flexibility index (Phi) is 6.17. The number of nitrogens with one attached hydrogen (secondary N) is 2. The van der Waals surface area contributed by atoms with Crippen LogP contribution in [-0.4, -0.2) is 43.0 Å². The molecule has 0 radical (unpaired) electrons. The molecule has 0 unspecified atom stereocenters. The third-order valence-electron chi connectivity index (χ3n) is 5.33. The summed E-state index contributed by atoms with van der Waals surface area (Å²) >= 11 is 0. The van der Waals surface area contributed by atoms with Crippen LogP contribution >= 0.6 is 0 Å². The Hall–Kier alpha value is -4.13. The van der Waals surface area contributed by atoms with Crippen molar-refractivity contribution in [3.8, 4) is 11.5 Å². The normalized spacial score (nSPS) is 18.8. The van der Waals surface area contributed by atoms with Crippen molar-refractivity contribution in [1.29, 1.82) is 0 Å². The Morgan fingerprint density at radius 3 is 2.31 bits per heavy atom. The highest BCUT2D eigenvalue weighted by Gasteiger charge is 2.48. The summed E-state index contributed by atoms with van der Waals surface area (Å²) in [6.07, 6.45) is 1.81. The van der Waals surface area contributed by atoms with Crippen molar-refractivity contribution >= 4 is 18.0 Å². The molecule has 0 aliphatic carbocycles. The predicted octanol–water partition coefficient (Wildman–Crippen LogP) is 2.72. The number of amides is 2. The van der Waals surface area contributed by atoms with E-state index in [2.05, 4.69) is 10.7 Å². The van der Waals surface area contributed by atoms with E-state index < -0.39 is 12.1 Å².